The molecule has 0 aromatic carbocycles. The van der Waals surface area contributed by atoms with E-state index in [-0.39, 0.29) is 11.1 Å². The van der Waals surface area contributed by atoms with Crippen LogP contribution in [-0.4, -0.2) is 40.1 Å². The monoisotopic (exact) mass is 214 g/mol. The van der Waals surface area contributed by atoms with E-state index >= 15 is 0 Å². The van der Waals surface area contributed by atoms with Crippen molar-refractivity contribution in [2.75, 3.05) is 6.54 Å². The fourth-order valence-electron chi connectivity index (χ4n) is 2.64. The second-order valence-electron chi connectivity index (χ2n) is 5.89. The summed E-state index contributed by atoms with van der Waals surface area (Å²) >= 11 is 0. The number of aliphatic hydroxyl groups excluding tert-OH is 1. The van der Waals surface area contributed by atoms with Gasteiger partial charge in [0.05, 0.1) is 5.60 Å². The van der Waals surface area contributed by atoms with Gasteiger partial charge in [0.2, 0.25) is 6.41 Å². The van der Waals surface area contributed by atoms with Gasteiger partial charge in [-0.15, -0.1) is 0 Å². The molecule has 2 rings (SSSR count). The topological polar surface area (TPSA) is 58.7 Å². The van der Waals surface area contributed by atoms with Crippen LogP contribution < -0.4 is 5.73 Å². The smallest absolute Gasteiger partial charge is 0.217 e. The van der Waals surface area contributed by atoms with Crippen molar-refractivity contribution in [2.24, 2.45) is 5.73 Å². The van der Waals surface area contributed by atoms with Crippen LogP contribution in [0.25, 0.3) is 0 Å². The predicted octanol–water partition coefficient (Wildman–Crippen LogP) is 0.643. The number of aliphatic hydroxyl groups is 1. The molecule has 1 heterocycles. The Morgan fingerprint density at radius 1 is 1.47 bits per heavy atom. The number of hydrogen-bond acceptors (Lipinski definition) is 4. The van der Waals surface area contributed by atoms with Crippen molar-refractivity contribution in [3.8, 4) is 0 Å². The molecular weight excluding hydrogens is 192 g/mol. The Hall–Kier alpha value is -0.160. The molecule has 1 aliphatic heterocycles. The van der Waals surface area contributed by atoms with Gasteiger partial charge in [0.25, 0.3) is 0 Å². The Labute approximate surface area is 91.4 Å². The van der Waals surface area contributed by atoms with Gasteiger partial charge in [-0.05, 0) is 40.0 Å². The Kier molecular flexibility index (Phi) is 2.58. The van der Waals surface area contributed by atoms with Gasteiger partial charge in [-0.2, -0.15) is 0 Å². The number of rotatable bonds is 2. The van der Waals surface area contributed by atoms with Crippen LogP contribution in [-0.2, 0) is 4.74 Å². The quantitative estimate of drug-likeness (QED) is 0.662. The second kappa shape index (κ2) is 3.42. The minimum absolute atomic E-state index is 0.157. The summed E-state index contributed by atoms with van der Waals surface area (Å²) in [6, 6.07) is 0.314. The van der Waals surface area contributed by atoms with Gasteiger partial charge < -0.3 is 15.6 Å². The van der Waals surface area contributed by atoms with E-state index in [0.717, 1.165) is 25.8 Å². The van der Waals surface area contributed by atoms with Crippen LogP contribution in [0.1, 0.15) is 40.0 Å². The van der Waals surface area contributed by atoms with E-state index in [1.807, 2.05) is 25.7 Å². The molecule has 0 bridgehead atoms. The summed E-state index contributed by atoms with van der Waals surface area (Å²) in [5.74, 6) is 0. The van der Waals surface area contributed by atoms with Crippen molar-refractivity contribution < 1.29 is 9.84 Å². The molecule has 2 fully saturated rings. The summed E-state index contributed by atoms with van der Waals surface area (Å²) < 4.78 is 5.55. The van der Waals surface area contributed by atoms with Crippen molar-refractivity contribution in [1.29, 1.82) is 0 Å². The molecule has 1 atom stereocenters. The molecule has 88 valence electrons. The molecule has 0 radical (unpaired) electrons. The van der Waals surface area contributed by atoms with Gasteiger partial charge in [-0.1, -0.05) is 0 Å². The maximum atomic E-state index is 9.95. The zero-order chi connectivity index (χ0) is 11.3. The Morgan fingerprint density at radius 2 is 2.07 bits per heavy atom. The zero-order valence-electron chi connectivity index (χ0n) is 9.86. The molecular formula is C11H22N2O2. The zero-order valence-corrected chi connectivity index (χ0v) is 9.86. The average Bonchev–Trinajstić information content (AvgIpc) is 1.91. The highest BCUT2D eigenvalue weighted by Crippen LogP contribution is 2.47. The van der Waals surface area contributed by atoms with Crippen molar-refractivity contribution >= 4 is 0 Å². The van der Waals surface area contributed by atoms with E-state index in [0.29, 0.717) is 6.04 Å². The molecule has 1 unspecified atom stereocenters. The highest BCUT2D eigenvalue weighted by Gasteiger charge is 2.55. The van der Waals surface area contributed by atoms with E-state index in [9.17, 15) is 5.11 Å². The third kappa shape index (κ3) is 2.04. The first-order valence-electron chi connectivity index (χ1n) is 5.71. The summed E-state index contributed by atoms with van der Waals surface area (Å²) in [6.07, 6.45) is 2.37. The van der Waals surface area contributed by atoms with E-state index in [4.69, 9.17) is 10.5 Å². The van der Waals surface area contributed by atoms with Crippen molar-refractivity contribution in [2.45, 2.75) is 63.6 Å². The Morgan fingerprint density at radius 3 is 2.40 bits per heavy atom. The molecule has 4 nitrogen and oxygen atoms in total. The summed E-state index contributed by atoms with van der Waals surface area (Å²) in [7, 11) is 0. The largest absolute Gasteiger partial charge is 0.356 e. The van der Waals surface area contributed by atoms with Crippen LogP contribution in [0.15, 0.2) is 0 Å². The molecule has 0 amide bonds. The summed E-state index contributed by atoms with van der Waals surface area (Å²) in [5.41, 5.74) is 5.66. The van der Waals surface area contributed by atoms with Gasteiger partial charge in [-0.25, -0.2) is 4.90 Å². The molecule has 1 spiro atoms. The van der Waals surface area contributed by atoms with Crippen LogP contribution in [0.4, 0.5) is 0 Å². The second-order valence-corrected chi connectivity index (χ2v) is 5.89. The molecule has 15 heavy (non-hydrogen) atoms. The first-order valence-corrected chi connectivity index (χ1v) is 5.71. The standard InChI is InChI=1S/C11H22N2O2/c1-10(2,3)15-9(14)13-5-4-11(13)6-8(12)7-11/h8-9,14H,4-7,12H2,1-3H3. The SMILES string of the molecule is CC(C)(C)OC(O)N1CCC12CC(N)C2. The highest BCUT2D eigenvalue weighted by molar-refractivity contribution is 5.10. The van der Waals surface area contributed by atoms with Crippen LogP contribution in [0, 0.1) is 0 Å². The molecule has 0 aromatic rings. The lowest BCUT2D eigenvalue weighted by atomic mass is 9.65. The van der Waals surface area contributed by atoms with Crippen molar-refractivity contribution in [1.82, 2.24) is 4.90 Å². The molecule has 4 heteroatoms. The number of ether oxygens (including phenoxy) is 1. The lowest BCUT2D eigenvalue weighted by Crippen LogP contribution is -2.72. The summed E-state index contributed by atoms with van der Waals surface area (Å²) in [5, 5.41) is 9.95. The minimum atomic E-state index is -0.772. The van der Waals surface area contributed by atoms with Crippen LogP contribution in [0.2, 0.25) is 0 Å². The summed E-state index contributed by atoms with van der Waals surface area (Å²) in [4.78, 5) is 2.04. The molecule has 1 saturated carbocycles. The van der Waals surface area contributed by atoms with Gasteiger partial charge >= 0.3 is 0 Å². The van der Waals surface area contributed by atoms with Gasteiger partial charge in [0.15, 0.2) is 0 Å². The van der Waals surface area contributed by atoms with E-state index < -0.39 is 6.41 Å². The average molecular weight is 214 g/mol. The third-order valence-electron chi connectivity index (χ3n) is 3.44. The molecule has 1 aliphatic carbocycles. The fraction of sp³-hybridized carbons (Fsp3) is 1.00. The van der Waals surface area contributed by atoms with E-state index in [2.05, 4.69) is 0 Å². The number of nitrogens with two attached hydrogens (primary N) is 1. The van der Waals surface area contributed by atoms with E-state index in [1.54, 1.807) is 0 Å². The minimum Gasteiger partial charge on any atom is -0.356 e. The van der Waals surface area contributed by atoms with Crippen molar-refractivity contribution in [3.05, 3.63) is 0 Å². The third-order valence-corrected chi connectivity index (χ3v) is 3.44. The van der Waals surface area contributed by atoms with E-state index in [1.165, 1.54) is 0 Å². The predicted molar refractivity (Wildman–Crippen MR) is 58.1 cm³/mol. The molecule has 0 aromatic heterocycles. The number of hydrogen-bond donors (Lipinski definition) is 2. The number of nitrogens with zero attached hydrogens (tertiary/aromatic N) is 1. The first-order chi connectivity index (χ1) is 6.82. The van der Waals surface area contributed by atoms with Gasteiger partial charge in [0.1, 0.15) is 0 Å². The maximum Gasteiger partial charge on any atom is 0.217 e. The fourth-order valence-corrected chi connectivity index (χ4v) is 2.64. The van der Waals surface area contributed by atoms with Crippen LogP contribution >= 0.6 is 0 Å². The first kappa shape index (κ1) is 11.3. The normalized spacial score (nSPS) is 38.6. The molecule has 3 N–H and O–H groups in total. The Balaban J connectivity index is 1.89. The number of likely N-dealkylation sites (tertiary alicyclic amines) is 1. The van der Waals surface area contributed by atoms with Crippen molar-refractivity contribution in [3.63, 3.8) is 0 Å². The molecule has 2 aliphatic rings. The van der Waals surface area contributed by atoms with Gasteiger partial charge in [0, 0.05) is 18.1 Å². The Bertz CT molecular complexity index is 243. The van der Waals surface area contributed by atoms with Gasteiger partial charge in [-0.3, -0.25) is 0 Å². The molecule has 1 saturated heterocycles. The lowest BCUT2D eigenvalue weighted by molar-refractivity contribution is -0.300. The lowest BCUT2D eigenvalue weighted by Gasteiger charge is -2.62. The van der Waals surface area contributed by atoms with Crippen LogP contribution in [0.3, 0.4) is 0 Å². The summed E-state index contributed by atoms with van der Waals surface area (Å²) in [6.45, 7) is 6.78. The van der Waals surface area contributed by atoms with Crippen LogP contribution in [0.5, 0.6) is 0 Å². The maximum absolute atomic E-state index is 9.95. The highest BCUT2D eigenvalue weighted by atomic mass is 16.6.